The van der Waals surface area contributed by atoms with E-state index in [1.807, 2.05) is 6.07 Å². The van der Waals surface area contributed by atoms with E-state index in [0.717, 1.165) is 0 Å². The van der Waals surface area contributed by atoms with Gasteiger partial charge in [-0.1, -0.05) is 25.1 Å². The van der Waals surface area contributed by atoms with E-state index < -0.39 is 7.60 Å². The number of hydrogen-bond donors (Lipinski definition) is 1. The van der Waals surface area contributed by atoms with Gasteiger partial charge in [0.2, 0.25) is 0 Å². The highest BCUT2D eigenvalue weighted by Crippen LogP contribution is 2.41. The molecule has 0 bridgehead atoms. The Morgan fingerprint density at radius 3 is 2.50 bits per heavy atom. The molecule has 1 aromatic rings. The first kappa shape index (κ1) is 9.30. The molecule has 0 amide bonds. The monoisotopic (exact) mass is 186 g/mol. The summed E-state index contributed by atoms with van der Waals surface area (Å²) in [4.78, 5) is 9.11. The predicted octanol–water partition coefficient (Wildman–Crippen LogP) is 2.27. The van der Waals surface area contributed by atoms with Gasteiger partial charge in [0.15, 0.2) is 0 Å². The normalized spacial score (nSPS) is 15.2. The summed E-state index contributed by atoms with van der Waals surface area (Å²) in [5, 5.41) is 0. The molecule has 0 heterocycles. The maximum absolute atomic E-state index is 11.1. The van der Waals surface area contributed by atoms with Crippen molar-refractivity contribution in [2.24, 2.45) is 0 Å². The van der Waals surface area contributed by atoms with Crippen molar-refractivity contribution in [3.05, 3.63) is 30.3 Å². The smallest absolute Gasteiger partial charge is 0.376 e. The van der Waals surface area contributed by atoms with E-state index in [1.165, 1.54) is 0 Å². The van der Waals surface area contributed by atoms with Gasteiger partial charge in [-0.15, -0.1) is 0 Å². The van der Waals surface area contributed by atoms with Crippen LogP contribution in [0.2, 0.25) is 0 Å². The Bertz CT molecular complexity index is 284. The zero-order valence-corrected chi connectivity index (χ0v) is 7.70. The Morgan fingerprint density at radius 2 is 2.00 bits per heavy atom. The SMILES string of the molecule is CCP(=O)(O)Oc1ccccc1. The zero-order chi connectivity index (χ0) is 9.03. The van der Waals surface area contributed by atoms with Crippen LogP contribution < -0.4 is 4.52 Å². The third-order valence-corrected chi connectivity index (χ3v) is 2.69. The second-order valence-electron chi connectivity index (χ2n) is 2.36. The third kappa shape index (κ3) is 2.68. The van der Waals surface area contributed by atoms with E-state index in [-0.39, 0.29) is 6.16 Å². The van der Waals surface area contributed by atoms with Gasteiger partial charge < -0.3 is 9.42 Å². The molecule has 0 aliphatic rings. The summed E-state index contributed by atoms with van der Waals surface area (Å²) in [5.41, 5.74) is 0. The molecule has 12 heavy (non-hydrogen) atoms. The van der Waals surface area contributed by atoms with Gasteiger partial charge in [0, 0.05) is 0 Å². The molecule has 4 heteroatoms. The van der Waals surface area contributed by atoms with Crippen molar-refractivity contribution in [2.45, 2.75) is 6.92 Å². The first-order valence-corrected chi connectivity index (χ1v) is 5.47. The summed E-state index contributed by atoms with van der Waals surface area (Å²) < 4.78 is 15.9. The number of hydrogen-bond acceptors (Lipinski definition) is 2. The Kier molecular flexibility index (Phi) is 2.90. The van der Waals surface area contributed by atoms with Crippen molar-refractivity contribution >= 4 is 7.60 Å². The van der Waals surface area contributed by atoms with Crippen LogP contribution in [0.1, 0.15) is 6.92 Å². The van der Waals surface area contributed by atoms with Crippen LogP contribution in [0.5, 0.6) is 5.75 Å². The van der Waals surface area contributed by atoms with Crippen LogP contribution in [-0.4, -0.2) is 11.1 Å². The minimum atomic E-state index is -3.40. The Morgan fingerprint density at radius 1 is 1.42 bits per heavy atom. The van der Waals surface area contributed by atoms with Crippen LogP contribution >= 0.6 is 7.60 Å². The third-order valence-electron chi connectivity index (χ3n) is 1.39. The Balaban J connectivity index is 2.71. The molecule has 0 aromatic heterocycles. The van der Waals surface area contributed by atoms with E-state index >= 15 is 0 Å². The van der Waals surface area contributed by atoms with Crippen LogP contribution in [0.3, 0.4) is 0 Å². The Labute approximate surface area is 71.5 Å². The highest BCUT2D eigenvalue weighted by molar-refractivity contribution is 7.53. The highest BCUT2D eigenvalue weighted by Gasteiger charge is 2.16. The fourth-order valence-electron chi connectivity index (χ4n) is 0.711. The first-order valence-electron chi connectivity index (χ1n) is 3.70. The van der Waals surface area contributed by atoms with Crippen molar-refractivity contribution in [1.82, 2.24) is 0 Å². The topological polar surface area (TPSA) is 46.5 Å². The summed E-state index contributed by atoms with van der Waals surface area (Å²) in [5.74, 6) is 0.435. The second kappa shape index (κ2) is 3.74. The van der Waals surface area contributed by atoms with E-state index in [9.17, 15) is 4.57 Å². The van der Waals surface area contributed by atoms with Gasteiger partial charge in [-0.3, -0.25) is 0 Å². The van der Waals surface area contributed by atoms with Gasteiger partial charge in [0.25, 0.3) is 0 Å². The molecular formula is C8H11O3P. The fraction of sp³-hybridized carbons (Fsp3) is 0.250. The molecule has 0 saturated heterocycles. The van der Waals surface area contributed by atoms with Crippen molar-refractivity contribution < 1.29 is 14.0 Å². The van der Waals surface area contributed by atoms with Crippen LogP contribution in [-0.2, 0) is 4.57 Å². The molecule has 0 saturated carbocycles. The van der Waals surface area contributed by atoms with E-state index in [0.29, 0.717) is 5.75 Å². The van der Waals surface area contributed by atoms with Crippen LogP contribution in [0, 0.1) is 0 Å². The lowest BCUT2D eigenvalue weighted by molar-refractivity contribution is 0.381. The minimum Gasteiger partial charge on any atom is -0.424 e. The van der Waals surface area contributed by atoms with Crippen molar-refractivity contribution in [1.29, 1.82) is 0 Å². The molecule has 1 atom stereocenters. The molecule has 0 aliphatic heterocycles. The largest absolute Gasteiger partial charge is 0.424 e. The van der Waals surface area contributed by atoms with Crippen LogP contribution in [0.25, 0.3) is 0 Å². The van der Waals surface area contributed by atoms with Gasteiger partial charge in [-0.25, -0.2) is 4.57 Å². The average molecular weight is 186 g/mol. The van der Waals surface area contributed by atoms with Crippen LogP contribution in [0.4, 0.5) is 0 Å². The molecule has 0 spiro atoms. The van der Waals surface area contributed by atoms with Crippen molar-refractivity contribution in [3.8, 4) is 5.75 Å². The Hall–Kier alpha value is -0.790. The molecule has 3 nitrogen and oxygen atoms in total. The molecule has 1 unspecified atom stereocenters. The van der Waals surface area contributed by atoms with Gasteiger partial charge in [0.1, 0.15) is 5.75 Å². The summed E-state index contributed by atoms with van der Waals surface area (Å²) in [6, 6.07) is 8.63. The summed E-state index contributed by atoms with van der Waals surface area (Å²) in [7, 11) is -3.40. The van der Waals surface area contributed by atoms with Crippen LogP contribution in [0.15, 0.2) is 30.3 Å². The maximum atomic E-state index is 11.1. The zero-order valence-electron chi connectivity index (χ0n) is 6.80. The molecule has 0 fully saturated rings. The van der Waals surface area contributed by atoms with Gasteiger partial charge in [-0.2, -0.15) is 0 Å². The van der Waals surface area contributed by atoms with E-state index in [2.05, 4.69) is 0 Å². The van der Waals surface area contributed by atoms with E-state index in [1.54, 1.807) is 31.2 Å². The number of benzene rings is 1. The first-order chi connectivity index (χ1) is 5.64. The average Bonchev–Trinajstić information content (AvgIpc) is 2.06. The number of rotatable bonds is 3. The lowest BCUT2D eigenvalue weighted by Crippen LogP contribution is -1.93. The lowest BCUT2D eigenvalue weighted by Gasteiger charge is -2.10. The van der Waals surface area contributed by atoms with Gasteiger partial charge >= 0.3 is 7.60 Å². The molecular weight excluding hydrogens is 175 g/mol. The number of para-hydroxylation sites is 1. The molecule has 1 rings (SSSR count). The molecule has 66 valence electrons. The summed E-state index contributed by atoms with van der Waals surface area (Å²) >= 11 is 0. The minimum absolute atomic E-state index is 0.127. The van der Waals surface area contributed by atoms with Crippen molar-refractivity contribution in [2.75, 3.05) is 6.16 Å². The van der Waals surface area contributed by atoms with Gasteiger partial charge in [-0.05, 0) is 12.1 Å². The lowest BCUT2D eigenvalue weighted by atomic mass is 10.3. The highest BCUT2D eigenvalue weighted by atomic mass is 31.2. The fourth-order valence-corrected chi connectivity index (χ4v) is 1.29. The summed E-state index contributed by atoms with van der Waals surface area (Å²) in [6.07, 6.45) is 0.127. The molecule has 1 aromatic carbocycles. The summed E-state index contributed by atoms with van der Waals surface area (Å²) in [6.45, 7) is 1.61. The van der Waals surface area contributed by atoms with Gasteiger partial charge in [0.05, 0.1) is 6.16 Å². The molecule has 0 aliphatic carbocycles. The molecule has 0 radical (unpaired) electrons. The standard InChI is InChI=1S/C8H11O3P/c1-2-12(9,10)11-8-6-4-3-5-7-8/h3-7H,2H2,1H3,(H,9,10). The predicted molar refractivity (Wildman–Crippen MR) is 47.4 cm³/mol. The van der Waals surface area contributed by atoms with Crippen molar-refractivity contribution in [3.63, 3.8) is 0 Å². The maximum Gasteiger partial charge on any atom is 0.376 e. The quantitative estimate of drug-likeness (QED) is 0.736. The second-order valence-corrected chi connectivity index (χ2v) is 4.45. The molecule has 1 N–H and O–H groups in total. The van der Waals surface area contributed by atoms with E-state index in [4.69, 9.17) is 9.42 Å².